The van der Waals surface area contributed by atoms with E-state index in [9.17, 15) is 8.42 Å². The van der Waals surface area contributed by atoms with E-state index in [1.54, 1.807) is 0 Å². The largest absolute Gasteiger partial charge is 0.364 e. The molecule has 1 aliphatic carbocycles. The van der Waals surface area contributed by atoms with Crippen LogP contribution in [-0.4, -0.2) is 55.4 Å². The normalized spacial score (nSPS) is 24.4. The fraction of sp³-hybridized carbons (Fsp3) is 0.667. The number of sulfone groups is 1. The summed E-state index contributed by atoms with van der Waals surface area (Å²) in [7, 11) is -0.809. The van der Waals surface area contributed by atoms with E-state index in [1.165, 1.54) is 12.8 Å². The number of aromatic amines is 1. The number of H-pyrrole nitrogens is 1. The number of rotatable bonds is 5. The summed E-state index contributed by atoms with van der Waals surface area (Å²) in [6, 6.07) is 4.56. The van der Waals surface area contributed by atoms with E-state index in [4.69, 9.17) is 0 Å². The summed E-state index contributed by atoms with van der Waals surface area (Å²) >= 11 is 0. The maximum Gasteiger partial charge on any atom is 0.194 e. The molecule has 1 saturated heterocycles. The summed E-state index contributed by atoms with van der Waals surface area (Å²) < 4.78 is 23.1. The Morgan fingerprint density at radius 1 is 1.45 bits per heavy atom. The van der Waals surface area contributed by atoms with E-state index >= 15 is 0 Å². The molecule has 0 amide bonds. The Morgan fingerprint density at radius 2 is 2.27 bits per heavy atom. The third kappa shape index (κ3) is 4.25. The topological polar surface area (TPSA) is 77.6 Å². The van der Waals surface area contributed by atoms with Gasteiger partial charge in [-0.1, -0.05) is 0 Å². The molecule has 6 nitrogen and oxygen atoms in total. The van der Waals surface area contributed by atoms with Crippen LogP contribution in [0.25, 0.3) is 0 Å². The predicted molar refractivity (Wildman–Crippen MR) is 87.5 cm³/mol. The van der Waals surface area contributed by atoms with Gasteiger partial charge in [-0.2, -0.15) is 0 Å². The van der Waals surface area contributed by atoms with Crippen LogP contribution in [0.3, 0.4) is 0 Å². The van der Waals surface area contributed by atoms with Crippen molar-refractivity contribution in [2.75, 3.05) is 25.1 Å². The van der Waals surface area contributed by atoms with Crippen molar-refractivity contribution in [2.24, 2.45) is 10.9 Å². The lowest BCUT2D eigenvalue weighted by Crippen LogP contribution is -2.40. The summed E-state index contributed by atoms with van der Waals surface area (Å²) in [6.45, 7) is 1.35. The van der Waals surface area contributed by atoms with Gasteiger partial charge in [0.25, 0.3) is 0 Å². The Kier molecular flexibility index (Phi) is 4.42. The highest BCUT2D eigenvalue weighted by Crippen LogP contribution is 2.21. The standard InChI is InChI=1S/C15H24N4O2S/c1-19(10-14-3-2-7-16-14)15(18-13-4-5-13)17-9-12-6-8-22(20,21)11-12/h2-3,7,12-13,16H,4-6,8-11H2,1H3,(H,17,18). The summed E-state index contributed by atoms with van der Waals surface area (Å²) in [5.74, 6) is 1.64. The third-order valence-corrected chi connectivity index (χ3v) is 6.00. The molecule has 122 valence electrons. The first-order valence-corrected chi connectivity index (χ1v) is 9.69. The molecule has 2 N–H and O–H groups in total. The van der Waals surface area contributed by atoms with Crippen LogP contribution in [-0.2, 0) is 16.4 Å². The van der Waals surface area contributed by atoms with Gasteiger partial charge in [0, 0.05) is 31.5 Å². The van der Waals surface area contributed by atoms with Gasteiger partial charge in [-0.05, 0) is 37.3 Å². The molecular weight excluding hydrogens is 300 g/mol. The molecule has 1 saturated carbocycles. The van der Waals surface area contributed by atoms with E-state index in [-0.39, 0.29) is 11.7 Å². The molecule has 1 aromatic heterocycles. The first kappa shape index (κ1) is 15.4. The zero-order valence-corrected chi connectivity index (χ0v) is 13.8. The van der Waals surface area contributed by atoms with E-state index < -0.39 is 9.84 Å². The summed E-state index contributed by atoms with van der Waals surface area (Å²) in [5.41, 5.74) is 1.14. The zero-order chi connectivity index (χ0) is 15.6. The first-order chi connectivity index (χ1) is 10.5. The molecule has 3 rings (SSSR count). The van der Waals surface area contributed by atoms with Gasteiger partial charge in [-0.3, -0.25) is 4.99 Å². The molecule has 0 spiro atoms. The quantitative estimate of drug-likeness (QED) is 0.625. The minimum absolute atomic E-state index is 0.167. The highest BCUT2D eigenvalue weighted by molar-refractivity contribution is 7.91. The van der Waals surface area contributed by atoms with Crippen LogP contribution in [0.15, 0.2) is 23.3 Å². The van der Waals surface area contributed by atoms with Crippen molar-refractivity contribution in [2.45, 2.75) is 31.8 Å². The van der Waals surface area contributed by atoms with Crippen molar-refractivity contribution >= 4 is 15.8 Å². The van der Waals surface area contributed by atoms with Crippen LogP contribution in [0.1, 0.15) is 25.0 Å². The van der Waals surface area contributed by atoms with Crippen molar-refractivity contribution < 1.29 is 8.42 Å². The van der Waals surface area contributed by atoms with E-state index in [2.05, 4.69) is 26.3 Å². The lowest BCUT2D eigenvalue weighted by molar-refractivity contribution is 0.464. The van der Waals surface area contributed by atoms with E-state index in [0.717, 1.165) is 24.6 Å². The summed E-state index contributed by atoms with van der Waals surface area (Å²) in [6.07, 6.45) is 5.03. The SMILES string of the molecule is CN(Cc1ccc[nH]1)C(=NCC1CCS(=O)(=O)C1)NC1CC1. The average molecular weight is 324 g/mol. The fourth-order valence-electron chi connectivity index (χ4n) is 2.71. The second-order valence-corrected chi connectivity index (χ2v) is 8.63. The van der Waals surface area contributed by atoms with Crippen molar-refractivity contribution in [3.63, 3.8) is 0 Å². The first-order valence-electron chi connectivity index (χ1n) is 7.87. The number of aliphatic imine (C=N–C) groups is 1. The van der Waals surface area contributed by atoms with Crippen molar-refractivity contribution in [3.8, 4) is 0 Å². The molecule has 1 unspecified atom stereocenters. The Morgan fingerprint density at radius 3 is 2.86 bits per heavy atom. The van der Waals surface area contributed by atoms with Crippen LogP contribution >= 0.6 is 0 Å². The van der Waals surface area contributed by atoms with Gasteiger partial charge in [0.05, 0.1) is 18.1 Å². The van der Waals surface area contributed by atoms with E-state index in [1.807, 2.05) is 19.3 Å². The molecule has 1 aromatic rings. The molecular formula is C15H24N4O2S. The highest BCUT2D eigenvalue weighted by Gasteiger charge is 2.28. The Balaban J connectivity index is 1.62. The molecule has 7 heteroatoms. The molecule has 2 aliphatic rings. The van der Waals surface area contributed by atoms with E-state index in [0.29, 0.717) is 18.3 Å². The minimum Gasteiger partial charge on any atom is -0.364 e. The van der Waals surface area contributed by atoms with Crippen molar-refractivity contribution in [1.29, 1.82) is 0 Å². The maximum atomic E-state index is 11.5. The number of aromatic nitrogens is 1. The summed E-state index contributed by atoms with van der Waals surface area (Å²) in [5, 5.41) is 3.46. The lowest BCUT2D eigenvalue weighted by atomic mass is 10.1. The zero-order valence-electron chi connectivity index (χ0n) is 13.0. The monoisotopic (exact) mass is 324 g/mol. The van der Waals surface area contributed by atoms with Crippen molar-refractivity contribution in [3.05, 3.63) is 24.0 Å². The smallest absolute Gasteiger partial charge is 0.194 e. The van der Waals surface area contributed by atoms with Crippen molar-refractivity contribution in [1.82, 2.24) is 15.2 Å². The van der Waals surface area contributed by atoms with Crippen LogP contribution in [0, 0.1) is 5.92 Å². The second-order valence-electron chi connectivity index (χ2n) is 6.40. The predicted octanol–water partition coefficient (Wildman–Crippen LogP) is 0.989. The summed E-state index contributed by atoms with van der Waals surface area (Å²) in [4.78, 5) is 9.97. The maximum absolute atomic E-state index is 11.5. The molecule has 2 fully saturated rings. The number of hydrogen-bond acceptors (Lipinski definition) is 3. The Labute approximate surface area is 131 Å². The van der Waals surface area contributed by atoms with Gasteiger partial charge < -0.3 is 15.2 Å². The molecule has 0 radical (unpaired) electrons. The van der Waals surface area contributed by atoms with Gasteiger partial charge in [0.15, 0.2) is 15.8 Å². The van der Waals surface area contributed by atoms with Crippen LogP contribution < -0.4 is 5.32 Å². The van der Waals surface area contributed by atoms with Gasteiger partial charge in [0.1, 0.15) is 0 Å². The highest BCUT2D eigenvalue weighted by atomic mass is 32.2. The van der Waals surface area contributed by atoms with Gasteiger partial charge in [-0.25, -0.2) is 8.42 Å². The van der Waals surface area contributed by atoms with Crippen LogP contribution in [0.5, 0.6) is 0 Å². The van der Waals surface area contributed by atoms with Gasteiger partial charge in [0.2, 0.25) is 0 Å². The van der Waals surface area contributed by atoms with Gasteiger partial charge >= 0.3 is 0 Å². The number of hydrogen-bond donors (Lipinski definition) is 2. The third-order valence-electron chi connectivity index (χ3n) is 4.17. The number of nitrogens with one attached hydrogen (secondary N) is 2. The minimum atomic E-state index is -2.82. The lowest BCUT2D eigenvalue weighted by Gasteiger charge is -2.22. The molecule has 2 heterocycles. The second kappa shape index (κ2) is 6.32. The van der Waals surface area contributed by atoms with Crippen LogP contribution in [0.2, 0.25) is 0 Å². The van der Waals surface area contributed by atoms with Crippen LogP contribution in [0.4, 0.5) is 0 Å². The molecule has 0 bridgehead atoms. The molecule has 22 heavy (non-hydrogen) atoms. The van der Waals surface area contributed by atoms with Gasteiger partial charge in [-0.15, -0.1) is 0 Å². The molecule has 0 aromatic carbocycles. The molecule has 1 atom stereocenters. The fourth-order valence-corrected chi connectivity index (χ4v) is 4.56. The molecule has 1 aliphatic heterocycles. The number of guanidine groups is 1. The Bertz CT molecular complexity index is 620. The Hall–Kier alpha value is -1.50. The number of nitrogens with zero attached hydrogens (tertiary/aromatic N) is 2. The average Bonchev–Trinajstić information content (AvgIpc) is 3.01.